The largest absolute Gasteiger partial charge is 0.445 e. The number of ether oxygens (including phenoxy) is 1. The van der Waals surface area contributed by atoms with E-state index in [9.17, 15) is 19.6 Å². The van der Waals surface area contributed by atoms with E-state index in [4.69, 9.17) is 4.74 Å². The second kappa shape index (κ2) is 10.2. The first kappa shape index (κ1) is 24.2. The summed E-state index contributed by atoms with van der Waals surface area (Å²) in [5, 5.41) is 12.7. The molecule has 8 nitrogen and oxygen atoms in total. The van der Waals surface area contributed by atoms with Gasteiger partial charge in [-0.15, -0.1) is 0 Å². The predicted octanol–water partition coefficient (Wildman–Crippen LogP) is 3.31. The van der Waals surface area contributed by atoms with Gasteiger partial charge in [-0.25, -0.2) is 10.3 Å². The van der Waals surface area contributed by atoms with E-state index in [2.05, 4.69) is 11.4 Å². The van der Waals surface area contributed by atoms with Gasteiger partial charge in [-0.1, -0.05) is 66.7 Å². The van der Waals surface area contributed by atoms with Crippen molar-refractivity contribution in [1.82, 2.24) is 15.7 Å². The number of likely N-dealkylation sites (tertiary alicyclic amines) is 1. The highest BCUT2D eigenvalue weighted by Crippen LogP contribution is 2.55. The van der Waals surface area contributed by atoms with Crippen LogP contribution in [0.4, 0.5) is 4.79 Å². The van der Waals surface area contributed by atoms with Crippen LogP contribution in [0.2, 0.25) is 0 Å². The third kappa shape index (κ3) is 5.05. The Morgan fingerprint density at radius 2 is 1.75 bits per heavy atom. The van der Waals surface area contributed by atoms with Gasteiger partial charge in [0.25, 0.3) is 0 Å². The third-order valence-electron chi connectivity index (χ3n) is 7.64. The molecule has 2 aliphatic heterocycles. The number of Topliss-reactive ketones (excluding diaryl/α,β-unsaturated/α-hetero) is 1. The second-order valence-corrected chi connectivity index (χ2v) is 10.1. The maximum atomic E-state index is 14.0. The van der Waals surface area contributed by atoms with Crippen molar-refractivity contribution < 1.29 is 24.3 Å². The molecule has 2 heterocycles. The number of hydroxylamine groups is 1. The fraction of sp³-hybridized carbons (Fsp3) is 0.393. The van der Waals surface area contributed by atoms with Crippen LogP contribution in [0.15, 0.2) is 66.7 Å². The number of hydrogen-bond donors (Lipinski definition) is 3. The number of carbonyl (C=O) groups is 3. The molecule has 1 aliphatic carbocycles. The zero-order valence-corrected chi connectivity index (χ0v) is 20.1. The van der Waals surface area contributed by atoms with E-state index in [1.165, 1.54) is 4.90 Å². The van der Waals surface area contributed by atoms with Gasteiger partial charge in [0.2, 0.25) is 5.91 Å². The Morgan fingerprint density at radius 1 is 1.06 bits per heavy atom. The minimum Gasteiger partial charge on any atom is -0.445 e. The number of piperidine rings is 1. The summed E-state index contributed by atoms with van der Waals surface area (Å²) in [7, 11) is 0. The van der Waals surface area contributed by atoms with Crippen molar-refractivity contribution in [3.63, 3.8) is 0 Å². The Labute approximate surface area is 210 Å². The molecule has 36 heavy (non-hydrogen) atoms. The van der Waals surface area contributed by atoms with Gasteiger partial charge in [-0.3, -0.25) is 19.7 Å². The van der Waals surface area contributed by atoms with Crippen LogP contribution in [0.1, 0.15) is 36.8 Å². The molecule has 2 amide bonds. The summed E-state index contributed by atoms with van der Waals surface area (Å²) in [6, 6.07) is 17.6. The fourth-order valence-electron chi connectivity index (χ4n) is 5.50. The molecule has 1 unspecified atom stereocenters. The normalized spacial score (nSPS) is 24.5. The van der Waals surface area contributed by atoms with Gasteiger partial charge in [0.1, 0.15) is 12.6 Å². The zero-order chi connectivity index (χ0) is 25.1. The summed E-state index contributed by atoms with van der Waals surface area (Å²) in [4.78, 5) is 41.6. The predicted molar refractivity (Wildman–Crippen MR) is 133 cm³/mol. The van der Waals surface area contributed by atoms with Gasteiger partial charge in [0, 0.05) is 13.1 Å². The molecule has 0 bridgehead atoms. The lowest BCUT2D eigenvalue weighted by Crippen LogP contribution is -2.62. The van der Waals surface area contributed by atoms with Crippen LogP contribution >= 0.6 is 0 Å². The van der Waals surface area contributed by atoms with Crippen LogP contribution in [0.3, 0.4) is 0 Å². The molecular weight excluding hydrogens is 458 g/mol. The molecule has 1 saturated carbocycles. The van der Waals surface area contributed by atoms with Crippen molar-refractivity contribution in [3.8, 4) is 0 Å². The standard InChI is InChI=1S/C28H31N3O5/c32-25(23-15-21(11-14-29-23)20-9-5-2-6-10-20)24-22(26(33)30-35)16-28(12-13-28)18-31(24)27(34)36-17-19-7-3-1-4-8-19/h1-11,22-24,29,35H,12-18H2,(H,30,33)/t22-,23?,24-/m0/s1. The van der Waals surface area contributed by atoms with Crippen LogP contribution in [0, 0.1) is 11.3 Å². The summed E-state index contributed by atoms with van der Waals surface area (Å²) in [5.74, 6) is -1.73. The molecule has 3 aliphatic rings. The molecule has 2 aromatic rings. The summed E-state index contributed by atoms with van der Waals surface area (Å²) < 4.78 is 5.62. The first-order valence-corrected chi connectivity index (χ1v) is 12.4. The molecule has 8 heteroatoms. The molecule has 3 atom stereocenters. The highest BCUT2D eigenvalue weighted by molar-refractivity contribution is 5.98. The third-order valence-corrected chi connectivity index (χ3v) is 7.64. The Bertz CT molecular complexity index is 1150. The second-order valence-electron chi connectivity index (χ2n) is 10.1. The lowest BCUT2D eigenvalue weighted by molar-refractivity contribution is -0.145. The van der Waals surface area contributed by atoms with E-state index >= 15 is 0 Å². The fourth-order valence-corrected chi connectivity index (χ4v) is 5.50. The lowest BCUT2D eigenvalue weighted by Gasteiger charge is -2.44. The van der Waals surface area contributed by atoms with Crippen molar-refractivity contribution >= 4 is 23.4 Å². The molecule has 1 spiro atoms. The number of ketones is 1. The first-order valence-electron chi connectivity index (χ1n) is 12.4. The van der Waals surface area contributed by atoms with Crippen molar-refractivity contribution in [2.45, 2.75) is 44.4 Å². The highest BCUT2D eigenvalue weighted by Gasteiger charge is 2.57. The lowest BCUT2D eigenvalue weighted by atomic mass is 9.76. The van der Waals surface area contributed by atoms with Gasteiger partial charge >= 0.3 is 6.09 Å². The molecular formula is C28H31N3O5. The average Bonchev–Trinajstić information content (AvgIpc) is 3.69. The van der Waals surface area contributed by atoms with Gasteiger partial charge in [0.15, 0.2) is 5.78 Å². The van der Waals surface area contributed by atoms with Gasteiger partial charge in [-0.05, 0) is 47.8 Å². The van der Waals surface area contributed by atoms with E-state index in [1.54, 1.807) is 5.48 Å². The number of carbonyl (C=O) groups excluding carboxylic acids is 3. The minimum absolute atomic E-state index is 0.0729. The number of nitrogens with one attached hydrogen (secondary N) is 2. The molecule has 3 N–H and O–H groups in total. The van der Waals surface area contributed by atoms with Crippen LogP contribution < -0.4 is 10.8 Å². The SMILES string of the molecule is O=C(NO)[C@H]1CC2(CC2)CN(C(=O)OCc2ccccc2)[C@@H]1C(=O)C1CC(c2ccccc2)=CCN1. The molecule has 0 radical (unpaired) electrons. The van der Waals surface area contributed by atoms with Crippen molar-refractivity contribution in [3.05, 3.63) is 77.9 Å². The number of benzene rings is 2. The summed E-state index contributed by atoms with van der Waals surface area (Å²) in [6.45, 7) is 0.941. The quantitative estimate of drug-likeness (QED) is 0.425. The van der Waals surface area contributed by atoms with Crippen molar-refractivity contribution in [2.75, 3.05) is 13.1 Å². The van der Waals surface area contributed by atoms with Crippen LogP contribution in [0.5, 0.6) is 0 Å². The maximum Gasteiger partial charge on any atom is 0.410 e. The van der Waals surface area contributed by atoms with E-state index in [1.807, 2.05) is 60.7 Å². The Kier molecular flexibility index (Phi) is 6.89. The van der Waals surface area contributed by atoms with E-state index < -0.39 is 30.0 Å². The molecule has 2 fully saturated rings. The Morgan fingerprint density at radius 3 is 2.42 bits per heavy atom. The van der Waals surface area contributed by atoms with Gasteiger partial charge in [-0.2, -0.15) is 0 Å². The number of hydrogen-bond acceptors (Lipinski definition) is 6. The molecule has 188 valence electrons. The number of nitrogens with zero attached hydrogens (tertiary/aromatic N) is 1. The van der Waals surface area contributed by atoms with Crippen molar-refractivity contribution in [2.24, 2.45) is 11.3 Å². The summed E-state index contributed by atoms with van der Waals surface area (Å²) in [5.41, 5.74) is 4.45. The maximum absolute atomic E-state index is 14.0. The van der Waals surface area contributed by atoms with Gasteiger partial charge < -0.3 is 10.1 Å². The Balaban J connectivity index is 1.39. The molecule has 5 rings (SSSR count). The van der Waals surface area contributed by atoms with E-state index in [0.29, 0.717) is 25.9 Å². The summed E-state index contributed by atoms with van der Waals surface area (Å²) in [6.07, 6.45) is 4.08. The highest BCUT2D eigenvalue weighted by atomic mass is 16.6. The Hall–Kier alpha value is -3.49. The number of rotatable bonds is 6. The van der Waals surface area contributed by atoms with Crippen molar-refractivity contribution in [1.29, 1.82) is 0 Å². The number of amides is 2. The average molecular weight is 490 g/mol. The minimum atomic E-state index is -1.03. The molecule has 2 aromatic carbocycles. The first-order chi connectivity index (χ1) is 17.5. The van der Waals surface area contributed by atoms with E-state index in [-0.39, 0.29) is 17.8 Å². The van der Waals surface area contributed by atoms with Gasteiger partial charge in [0.05, 0.1) is 12.0 Å². The smallest absolute Gasteiger partial charge is 0.410 e. The topological polar surface area (TPSA) is 108 Å². The monoisotopic (exact) mass is 489 g/mol. The zero-order valence-electron chi connectivity index (χ0n) is 20.1. The van der Waals surface area contributed by atoms with Crippen LogP contribution in [-0.2, 0) is 20.9 Å². The van der Waals surface area contributed by atoms with E-state index in [0.717, 1.165) is 29.5 Å². The van der Waals surface area contributed by atoms with Crippen LogP contribution in [-0.4, -0.2) is 53.1 Å². The summed E-state index contributed by atoms with van der Waals surface area (Å²) >= 11 is 0. The molecule has 0 aromatic heterocycles. The van der Waals surface area contributed by atoms with Crippen LogP contribution in [0.25, 0.3) is 5.57 Å². The molecule has 1 saturated heterocycles.